The minimum Gasteiger partial charge on any atom is -0.506 e. The van der Waals surface area contributed by atoms with Gasteiger partial charge in [-0.15, -0.1) is 0 Å². The Morgan fingerprint density at radius 3 is 2.65 bits per heavy atom. The maximum absolute atomic E-state index is 11.0. The summed E-state index contributed by atoms with van der Waals surface area (Å²) < 4.78 is 1.82. The molecule has 0 fully saturated rings. The minimum atomic E-state index is -1.10. The number of fused-ring (bicyclic) bond motifs is 1. The van der Waals surface area contributed by atoms with E-state index in [-0.39, 0.29) is 11.3 Å². The molecule has 7 heteroatoms. The number of benzene rings is 2. The molecule has 2 aromatic carbocycles. The highest BCUT2D eigenvalue weighted by molar-refractivity contribution is 5.90. The van der Waals surface area contributed by atoms with Gasteiger partial charge in [-0.3, -0.25) is 9.38 Å². The standard InChI is InChI=1S/C19H14N4O3/c24-15-10-13(19(25)26)6-7-14(15)21-18-17(12-4-2-1-3-5-12)22-16-11-20-8-9-23(16)18/h1-11,21,24H,(H,25,26). The van der Waals surface area contributed by atoms with E-state index in [1.54, 1.807) is 18.6 Å². The van der Waals surface area contributed by atoms with E-state index in [1.165, 1.54) is 18.2 Å². The van der Waals surface area contributed by atoms with Crippen molar-refractivity contribution in [3.8, 4) is 17.0 Å². The lowest BCUT2D eigenvalue weighted by Crippen LogP contribution is -2.00. The van der Waals surface area contributed by atoms with E-state index in [1.807, 2.05) is 34.7 Å². The number of nitrogens with zero attached hydrogens (tertiary/aromatic N) is 3. The second-order valence-corrected chi connectivity index (χ2v) is 5.64. The highest BCUT2D eigenvalue weighted by atomic mass is 16.4. The van der Waals surface area contributed by atoms with Crippen molar-refractivity contribution >= 4 is 23.1 Å². The van der Waals surface area contributed by atoms with Crippen LogP contribution < -0.4 is 5.32 Å². The van der Waals surface area contributed by atoms with Gasteiger partial charge in [-0.1, -0.05) is 30.3 Å². The molecule has 0 aliphatic heterocycles. The maximum Gasteiger partial charge on any atom is 0.335 e. The number of aromatic nitrogens is 3. The molecule has 128 valence electrons. The predicted octanol–water partition coefficient (Wildman–Crippen LogP) is 3.54. The smallest absolute Gasteiger partial charge is 0.335 e. The summed E-state index contributed by atoms with van der Waals surface area (Å²) in [4.78, 5) is 19.8. The molecule has 4 aromatic rings. The summed E-state index contributed by atoms with van der Waals surface area (Å²) in [5.74, 6) is -0.613. The summed E-state index contributed by atoms with van der Waals surface area (Å²) in [5.41, 5.74) is 2.64. The third-order valence-electron chi connectivity index (χ3n) is 3.98. The average molecular weight is 346 g/mol. The van der Waals surface area contributed by atoms with Gasteiger partial charge < -0.3 is 15.5 Å². The van der Waals surface area contributed by atoms with Gasteiger partial charge in [0.1, 0.15) is 17.3 Å². The van der Waals surface area contributed by atoms with Gasteiger partial charge in [0.15, 0.2) is 5.65 Å². The second kappa shape index (κ2) is 6.21. The van der Waals surface area contributed by atoms with Crippen molar-refractivity contribution in [3.63, 3.8) is 0 Å². The van der Waals surface area contributed by atoms with Gasteiger partial charge in [0, 0.05) is 18.0 Å². The average Bonchev–Trinajstić information content (AvgIpc) is 3.02. The predicted molar refractivity (Wildman–Crippen MR) is 96.8 cm³/mol. The molecule has 0 saturated heterocycles. The molecule has 0 unspecified atom stereocenters. The van der Waals surface area contributed by atoms with Crippen LogP contribution >= 0.6 is 0 Å². The molecule has 0 bridgehead atoms. The lowest BCUT2D eigenvalue weighted by molar-refractivity contribution is 0.0696. The fraction of sp³-hybridized carbons (Fsp3) is 0. The van der Waals surface area contributed by atoms with Gasteiger partial charge in [0.2, 0.25) is 0 Å². The first-order chi connectivity index (χ1) is 12.6. The number of carboxylic acid groups (broad SMARTS) is 1. The van der Waals surface area contributed by atoms with Crippen molar-refractivity contribution in [2.45, 2.75) is 0 Å². The number of phenols is 1. The van der Waals surface area contributed by atoms with Crippen LogP contribution in [0, 0.1) is 0 Å². The van der Waals surface area contributed by atoms with Crippen LogP contribution in [0.2, 0.25) is 0 Å². The van der Waals surface area contributed by atoms with Crippen LogP contribution in [0.5, 0.6) is 5.75 Å². The molecule has 7 nitrogen and oxygen atoms in total. The van der Waals surface area contributed by atoms with Crippen LogP contribution in [-0.4, -0.2) is 30.6 Å². The van der Waals surface area contributed by atoms with Crippen molar-refractivity contribution in [2.75, 3.05) is 5.32 Å². The molecule has 2 aromatic heterocycles. The fourth-order valence-electron chi connectivity index (χ4n) is 2.72. The first kappa shape index (κ1) is 15.6. The highest BCUT2D eigenvalue weighted by Crippen LogP contribution is 2.34. The number of anilines is 2. The van der Waals surface area contributed by atoms with E-state index < -0.39 is 5.97 Å². The summed E-state index contributed by atoms with van der Waals surface area (Å²) >= 11 is 0. The first-order valence-electron chi connectivity index (χ1n) is 7.84. The molecular formula is C19H14N4O3. The van der Waals surface area contributed by atoms with Gasteiger partial charge in [-0.2, -0.15) is 0 Å². The van der Waals surface area contributed by atoms with E-state index in [4.69, 9.17) is 5.11 Å². The Morgan fingerprint density at radius 1 is 1.12 bits per heavy atom. The lowest BCUT2D eigenvalue weighted by atomic mass is 10.1. The van der Waals surface area contributed by atoms with Crippen molar-refractivity contribution in [2.24, 2.45) is 0 Å². The number of carboxylic acids is 1. The Bertz CT molecular complexity index is 1110. The van der Waals surface area contributed by atoms with E-state index in [0.717, 1.165) is 5.56 Å². The Morgan fingerprint density at radius 2 is 1.92 bits per heavy atom. The number of rotatable bonds is 4. The molecule has 4 rings (SSSR count). The van der Waals surface area contributed by atoms with Gasteiger partial charge in [-0.05, 0) is 18.2 Å². The molecule has 0 spiro atoms. The molecule has 0 radical (unpaired) electrons. The molecule has 2 heterocycles. The van der Waals surface area contributed by atoms with Crippen molar-refractivity contribution in [1.82, 2.24) is 14.4 Å². The topological polar surface area (TPSA) is 99.8 Å². The zero-order valence-electron chi connectivity index (χ0n) is 13.5. The summed E-state index contributed by atoms with van der Waals surface area (Å²) in [6.07, 6.45) is 5.05. The van der Waals surface area contributed by atoms with Gasteiger partial charge in [0.05, 0.1) is 17.4 Å². The van der Waals surface area contributed by atoms with E-state index in [2.05, 4.69) is 15.3 Å². The van der Waals surface area contributed by atoms with Crippen LogP contribution in [0.25, 0.3) is 16.9 Å². The largest absolute Gasteiger partial charge is 0.506 e. The summed E-state index contributed by atoms with van der Waals surface area (Å²) in [6, 6.07) is 13.8. The summed E-state index contributed by atoms with van der Waals surface area (Å²) in [6.45, 7) is 0. The van der Waals surface area contributed by atoms with Crippen molar-refractivity contribution < 1.29 is 15.0 Å². The number of carbonyl (C=O) groups is 1. The Kier molecular flexibility index (Phi) is 3.74. The molecule has 0 aliphatic rings. The molecule has 26 heavy (non-hydrogen) atoms. The monoisotopic (exact) mass is 346 g/mol. The van der Waals surface area contributed by atoms with Gasteiger partial charge in [-0.25, -0.2) is 9.78 Å². The SMILES string of the molecule is O=C(O)c1ccc(Nc2c(-c3ccccc3)nc3cnccn23)c(O)c1. The molecule has 0 atom stereocenters. The Hall–Kier alpha value is -3.87. The number of aromatic hydroxyl groups is 1. The van der Waals surface area contributed by atoms with Crippen molar-refractivity contribution in [1.29, 1.82) is 0 Å². The lowest BCUT2D eigenvalue weighted by Gasteiger charge is -2.11. The summed E-state index contributed by atoms with van der Waals surface area (Å²) in [7, 11) is 0. The normalized spacial score (nSPS) is 10.8. The van der Waals surface area contributed by atoms with Crippen LogP contribution in [0.1, 0.15) is 10.4 Å². The molecule has 3 N–H and O–H groups in total. The molecular weight excluding hydrogens is 332 g/mol. The third-order valence-corrected chi connectivity index (χ3v) is 3.98. The fourth-order valence-corrected chi connectivity index (χ4v) is 2.72. The molecule has 0 saturated carbocycles. The van der Waals surface area contributed by atoms with E-state index >= 15 is 0 Å². The number of nitrogens with one attached hydrogen (secondary N) is 1. The number of imidazole rings is 1. The number of hydrogen-bond donors (Lipinski definition) is 3. The number of phenolic OH excluding ortho intramolecular Hbond substituents is 1. The zero-order chi connectivity index (χ0) is 18.1. The van der Waals surface area contributed by atoms with E-state index in [9.17, 15) is 9.90 Å². The highest BCUT2D eigenvalue weighted by Gasteiger charge is 2.16. The summed E-state index contributed by atoms with van der Waals surface area (Å²) in [5, 5.41) is 22.4. The first-order valence-corrected chi connectivity index (χ1v) is 7.84. The van der Waals surface area contributed by atoms with Crippen LogP contribution in [-0.2, 0) is 0 Å². The van der Waals surface area contributed by atoms with Crippen LogP contribution in [0.15, 0.2) is 67.1 Å². The zero-order valence-corrected chi connectivity index (χ0v) is 13.5. The van der Waals surface area contributed by atoms with E-state index in [0.29, 0.717) is 22.8 Å². The molecule has 0 aliphatic carbocycles. The second-order valence-electron chi connectivity index (χ2n) is 5.64. The van der Waals surface area contributed by atoms with Gasteiger partial charge in [0.25, 0.3) is 0 Å². The molecule has 0 amide bonds. The quantitative estimate of drug-likeness (QED) is 0.489. The Labute approximate surface area is 148 Å². The third kappa shape index (κ3) is 2.71. The number of aromatic carboxylic acids is 1. The minimum absolute atomic E-state index is 0.0127. The Balaban J connectivity index is 1.85. The number of hydrogen-bond acceptors (Lipinski definition) is 5. The van der Waals surface area contributed by atoms with Crippen LogP contribution in [0.3, 0.4) is 0 Å². The van der Waals surface area contributed by atoms with Gasteiger partial charge >= 0.3 is 5.97 Å². The maximum atomic E-state index is 11.0. The van der Waals surface area contributed by atoms with Crippen LogP contribution in [0.4, 0.5) is 11.5 Å². The van der Waals surface area contributed by atoms with Crippen molar-refractivity contribution in [3.05, 3.63) is 72.7 Å².